The largest absolute Gasteiger partial charge is 0.508 e. The van der Waals surface area contributed by atoms with Crippen molar-refractivity contribution < 1.29 is 49.5 Å². The van der Waals surface area contributed by atoms with Crippen molar-refractivity contribution in [3.63, 3.8) is 0 Å². The van der Waals surface area contributed by atoms with Crippen LogP contribution in [-0.2, 0) is 30.4 Å². The number of hydrogen-bond acceptors (Lipinski definition) is 9. The van der Waals surface area contributed by atoms with Gasteiger partial charge in [-0.3, -0.25) is 19.2 Å². The Balaban J connectivity index is 2.94. The van der Waals surface area contributed by atoms with Crippen molar-refractivity contribution in [1.82, 2.24) is 16.0 Å². The Morgan fingerprint density at radius 3 is 1.97 bits per heavy atom. The van der Waals surface area contributed by atoms with E-state index in [1.807, 2.05) is 5.32 Å². The van der Waals surface area contributed by atoms with Crippen LogP contribution in [0.2, 0.25) is 0 Å². The fraction of sp³-hybridized carbons (Fsp3) is 0.476. The summed E-state index contributed by atoms with van der Waals surface area (Å²) in [5, 5.41) is 52.6. The van der Waals surface area contributed by atoms with Crippen molar-refractivity contribution in [2.45, 2.75) is 56.5 Å². The van der Waals surface area contributed by atoms with E-state index in [2.05, 4.69) is 10.6 Å². The molecule has 14 nitrogen and oxygen atoms in total. The van der Waals surface area contributed by atoms with Crippen LogP contribution in [0, 0.1) is 0 Å². The molecular weight excluding hydrogens is 468 g/mol. The van der Waals surface area contributed by atoms with E-state index < -0.39 is 73.0 Å². The van der Waals surface area contributed by atoms with Crippen LogP contribution in [0.3, 0.4) is 0 Å². The first-order chi connectivity index (χ1) is 16.3. The second-order valence-corrected chi connectivity index (χ2v) is 7.78. The van der Waals surface area contributed by atoms with E-state index in [1.165, 1.54) is 12.1 Å². The summed E-state index contributed by atoms with van der Waals surface area (Å²) >= 11 is 0. The molecule has 0 aliphatic rings. The summed E-state index contributed by atoms with van der Waals surface area (Å²) in [6.45, 7) is 0.190. The van der Waals surface area contributed by atoms with E-state index in [1.54, 1.807) is 12.1 Å². The van der Waals surface area contributed by atoms with Gasteiger partial charge in [0, 0.05) is 6.42 Å². The van der Waals surface area contributed by atoms with E-state index in [0.29, 0.717) is 5.56 Å². The normalized spacial score (nSPS) is 15.1. The van der Waals surface area contributed by atoms with Gasteiger partial charge in [-0.1, -0.05) is 12.1 Å². The number of hydrogen-bond donors (Lipinski definition) is 9. The number of phenols is 1. The molecule has 5 unspecified atom stereocenters. The summed E-state index contributed by atoms with van der Waals surface area (Å²) in [7, 11) is 0. The predicted molar refractivity (Wildman–Crippen MR) is 119 cm³/mol. The molecule has 5 atom stereocenters. The fourth-order valence-corrected chi connectivity index (χ4v) is 2.90. The zero-order valence-electron chi connectivity index (χ0n) is 18.9. The van der Waals surface area contributed by atoms with Gasteiger partial charge in [0.25, 0.3) is 0 Å². The minimum absolute atomic E-state index is 0.0162. The lowest BCUT2D eigenvalue weighted by molar-refractivity contribution is -0.144. The molecule has 0 saturated carbocycles. The van der Waals surface area contributed by atoms with Gasteiger partial charge in [-0.05, 0) is 37.5 Å². The number of aliphatic hydroxyl groups excluding tert-OH is 2. The molecule has 35 heavy (non-hydrogen) atoms. The third kappa shape index (κ3) is 9.95. The Bertz CT molecular complexity index is 906. The number of rotatable bonds is 14. The molecule has 1 aromatic carbocycles. The highest BCUT2D eigenvalue weighted by Crippen LogP contribution is 2.11. The second kappa shape index (κ2) is 13.8. The minimum atomic E-state index is -1.69. The molecule has 0 aliphatic carbocycles. The van der Waals surface area contributed by atoms with Crippen molar-refractivity contribution >= 4 is 29.7 Å². The Kier molecular flexibility index (Phi) is 11.6. The highest BCUT2D eigenvalue weighted by Gasteiger charge is 2.32. The lowest BCUT2D eigenvalue weighted by atomic mass is 10.0. The molecule has 10 N–H and O–H groups in total. The number of aliphatic carboxylic acids is 2. The summed E-state index contributed by atoms with van der Waals surface area (Å²) in [6, 6.07) is -0.0826. The summed E-state index contributed by atoms with van der Waals surface area (Å²) in [5.74, 6) is -5.74. The highest BCUT2D eigenvalue weighted by atomic mass is 16.4. The van der Waals surface area contributed by atoms with Crippen LogP contribution < -0.4 is 21.7 Å². The van der Waals surface area contributed by atoms with Gasteiger partial charge in [0.1, 0.15) is 23.9 Å². The van der Waals surface area contributed by atoms with Crippen molar-refractivity contribution in [3.8, 4) is 5.75 Å². The standard InChI is InChI=1S/C21H30N4O10/c1-10(27)17(20(33)24-15(9-26)21(34)35)25-19(32)14(6-7-16(29)30)23-18(31)13(22)8-11-2-4-12(28)5-3-11/h2-5,10,13-15,17,26-28H,6-9,22H2,1H3,(H,23,31)(H,24,33)(H,25,32)(H,29,30)(H,34,35). The molecule has 0 fully saturated rings. The monoisotopic (exact) mass is 498 g/mol. The van der Waals surface area contributed by atoms with E-state index in [-0.39, 0.29) is 18.6 Å². The molecule has 0 aromatic heterocycles. The van der Waals surface area contributed by atoms with Gasteiger partial charge in [0.05, 0.1) is 18.8 Å². The number of carboxylic acids is 2. The number of amides is 3. The average Bonchev–Trinajstić information content (AvgIpc) is 2.78. The maximum atomic E-state index is 12.8. The van der Waals surface area contributed by atoms with E-state index in [9.17, 15) is 34.2 Å². The van der Waals surface area contributed by atoms with Crippen LogP contribution >= 0.6 is 0 Å². The Morgan fingerprint density at radius 1 is 0.914 bits per heavy atom. The van der Waals surface area contributed by atoms with Gasteiger partial charge in [-0.25, -0.2) is 4.79 Å². The molecule has 0 saturated heterocycles. The van der Waals surface area contributed by atoms with Crippen LogP contribution in [0.1, 0.15) is 25.3 Å². The number of nitrogens with one attached hydrogen (secondary N) is 3. The number of carbonyl (C=O) groups excluding carboxylic acids is 3. The highest BCUT2D eigenvalue weighted by molar-refractivity contribution is 5.94. The van der Waals surface area contributed by atoms with Crippen LogP contribution in [0.5, 0.6) is 5.75 Å². The second-order valence-electron chi connectivity index (χ2n) is 7.78. The van der Waals surface area contributed by atoms with Gasteiger partial charge in [-0.2, -0.15) is 0 Å². The van der Waals surface area contributed by atoms with Crippen molar-refractivity contribution in [1.29, 1.82) is 0 Å². The summed E-state index contributed by atoms with van der Waals surface area (Å²) in [6.07, 6.45) is -2.38. The molecule has 0 aliphatic heterocycles. The van der Waals surface area contributed by atoms with E-state index in [0.717, 1.165) is 6.92 Å². The van der Waals surface area contributed by atoms with Crippen molar-refractivity contribution in [2.75, 3.05) is 6.61 Å². The van der Waals surface area contributed by atoms with Crippen LogP contribution in [-0.4, -0.2) is 92.1 Å². The number of carboxylic acid groups (broad SMARTS) is 2. The number of benzene rings is 1. The maximum absolute atomic E-state index is 12.8. The zero-order valence-corrected chi connectivity index (χ0v) is 18.9. The zero-order chi connectivity index (χ0) is 26.7. The molecule has 14 heteroatoms. The topological polar surface area (TPSA) is 249 Å². The van der Waals surface area contributed by atoms with Gasteiger partial charge >= 0.3 is 11.9 Å². The summed E-state index contributed by atoms with van der Waals surface area (Å²) < 4.78 is 0. The molecule has 0 radical (unpaired) electrons. The van der Waals surface area contributed by atoms with E-state index in [4.69, 9.17) is 21.1 Å². The molecule has 194 valence electrons. The Labute approximate surface area is 200 Å². The number of aliphatic hydroxyl groups is 2. The number of carbonyl (C=O) groups is 5. The van der Waals surface area contributed by atoms with Gasteiger partial charge in [0.2, 0.25) is 17.7 Å². The quantitative estimate of drug-likeness (QED) is 0.125. The Hall–Kier alpha value is -3.75. The molecule has 0 spiro atoms. The fourth-order valence-electron chi connectivity index (χ4n) is 2.90. The number of nitrogens with two attached hydrogens (primary N) is 1. The third-order valence-corrected chi connectivity index (χ3v) is 4.87. The summed E-state index contributed by atoms with van der Waals surface area (Å²) in [4.78, 5) is 59.7. The number of phenolic OH excluding ortho intramolecular Hbond substituents is 1. The van der Waals surface area contributed by atoms with Crippen molar-refractivity contribution in [2.24, 2.45) is 5.73 Å². The van der Waals surface area contributed by atoms with Gasteiger partial charge < -0.3 is 47.2 Å². The van der Waals surface area contributed by atoms with E-state index >= 15 is 0 Å². The maximum Gasteiger partial charge on any atom is 0.328 e. The minimum Gasteiger partial charge on any atom is -0.508 e. The smallest absolute Gasteiger partial charge is 0.328 e. The van der Waals surface area contributed by atoms with Crippen molar-refractivity contribution in [3.05, 3.63) is 29.8 Å². The first kappa shape index (κ1) is 29.3. The molecule has 1 aromatic rings. The Morgan fingerprint density at radius 2 is 1.49 bits per heavy atom. The first-order valence-corrected chi connectivity index (χ1v) is 10.5. The lowest BCUT2D eigenvalue weighted by Gasteiger charge is -2.26. The molecule has 1 rings (SSSR count). The molecule has 0 heterocycles. The number of aromatic hydroxyl groups is 1. The molecule has 3 amide bonds. The third-order valence-electron chi connectivity index (χ3n) is 4.87. The van der Waals surface area contributed by atoms with Gasteiger partial charge in [-0.15, -0.1) is 0 Å². The average molecular weight is 498 g/mol. The lowest BCUT2D eigenvalue weighted by Crippen LogP contribution is -2.60. The molecular formula is C21H30N4O10. The van der Waals surface area contributed by atoms with Crippen LogP contribution in [0.25, 0.3) is 0 Å². The summed E-state index contributed by atoms with van der Waals surface area (Å²) in [5.41, 5.74) is 6.49. The van der Waals surface area contributed by atoms with Crippen LogP contribution in [0.15, 0.2) is 24.3 Å². The van der Waals surface area contributed by atoms with Crippen LogP contribution in [0.4, 0.5) is 0 Å². The SMILES string of the molecule is CC(O)C(NC(=O)C(CCC(=O)O)NC(=O)C(N)Cc1ccc(O)cc1)C(=O)NC(CO)C(=O)O. The molecule has 0 bridgehead atoms. The first-order valence-electron chi connectivity index (χ1n) is 10.5. The predicted octanol–water partition coefficient (Wildman–Crippen LogP) is -2.96. The van der Waals surface area contributed by atoms with Gasteiger partial charge in [0.15, 0.2) is 0 Å².